The van der Waals surface area contributed by atoms with Gasteiger partial charge in [0.2, 0.25) is 0 Å². The lowest BCUT2D eigenvalue weighted by Gasteiger charge is -2.18. The summed E-state index contributed by atoms with van der Waals surface area (Å²) in [4.78, 5) is 8.39. The van der Waals surface area contributed by atoms with Crippen LogP contribution in [-0.4, -0.2) is 33.9 Å². The zero-order valence-corrected chi connectivity index (χ0v) is 18.9. The molecule has 4 rings (SSSR count). The Morgan fingerprint density at radius 3 is 2.69 bits per heavy atom. The topological polar surface area (TPSA) is 76.4 Å². The Morgan fingerprint density at radius 1 is 1.09 bits per heavy atom. The predicted molar refractivity (Wildman–Crippen MR) is 127 cm³/mol. The van der Waals surface area contributed by atoms with Crippen molar-refractivity contribution in [2.75, 3.05) is 7.05 Å². The number of aliphatic imine (C=N–C) groups is 1. The summed E-state index contributed by atoms with van der Waals surface area (Å²) in [6.07, 6.45) is 8.46. The monoisotopic (exact) mass is 432 g/mol. The molecule has 1 aromatic heterocycles. The van der Waals surface area contributed by atoms with E-state index in [1.807, 2.05) is 4.68 Å². The maximum absolute atomic E-state index is 6.33. The van der Waals surface area contributed by atoms with Crippen LogP contribution < -0.4 is 15.4 Å². The van der Waals surface area contributed by atoms with Crippen LogP contribution in [0.3, 0.4) is 0 Å². The van der Waals surface area contributed by atoms with Gasteiger partial charge in [0, 0.05) is 25.7 Å². The third kappa shape index (κ3) is 6.09. The van der Waals surface area contributed by atoms with E-state index < -0.39 is 0 Å². The lowest BCUT2D eigenvalue weighted by Crippen LogP contribution is -2.36. The number of aryl methyl sites for hydroxylation is 1. The molecule has 0 bridgehead atoms. The summed E-state index contributed by atoms with van der Waals surface area (Å²) >= 11 is 0. The van der Waals surface area contributed by atoms with Crippen LogP contribution in [0.2, 0.25) is 0 Å². The molecule has 0 spiro atoms. The second-order valence-corrected chi connectivity index (χ2v) is 8.33. The van der Waals surface area contributed by atoms with E-state index in [9.17, 15) is 0 Å². The van der Waals surface area contributed by atoms with Crippen LogP contribution in [0.25, 0.3) is 0 Å². The van der Waals surface area contributed by atoms with Gasteiger partial charge >= 0.3 is 0 Å². The van der Waals surface area contributed by atoms with E-state index in [0.717, 1.165) is 30.1 Å². The van der Waals surface area contributed by atoms with Crippen LogP contribution in [0.4, 0.5) is 0 Å². The molecule has 1 saturated carbocycles. The maximum atomic E-state index is 6.33. The summed E-state index contributed by atoms with van der Waals surface area (Å²) in [6.45, 7) is 4.16. The van der Waals surface area contributed by atoms with Crippen molar-refractivity contribution in [3.8, 4) is 5.75 Å². The van der Waals surface area contributed by atoms with Gasteiger partial charge in [0.05, 0.1) is 12.6 Å². The summed E-state index contributed by atoms with van der Waals surface area (Å²) in [5.74, 6) is 1.75. The number of hydrogen-bond donors (Lipinski definition) is 2. The fraction of sp³-hybridized carbons (Fsp3) is 0.400. The Balaban J connectivity index is 1.33. The molecular formula is C25H32N6O. The number of benzene rings is 2. The summed E-state index contributed by atoms with van der Waals surface area (Å²) in [6, 6.07) is 14.9. The van der Waals surface area contributed by atoms with Crippen LogP contribution in [-0.2, 0) is 19.6 Å². The van der Waals surface area contributed by atoms with Crippen molar-refractivity contribution < 1.29 is 4.74 Å². The van der Waals surface area contributed by atoms with Crippen molar-refractivity contribution in [1.29, 1.82) is 0 Å². The second kappa shape index (κ2) is 10.8. The lowest BCUT2D eigenvalue weighted by atomic mass is 10.1. The number of nitrogens with one attached hydrogen (secondary N) is 2. The molecule has 7 nitrogen and oxygen atoms in total. The molecule has 0 radical (unpaired) electrons. The van der Waals surface area contributed by atoms with Gasteiger partial charge < -0.3 is 15.4 Å². The summed E-state index contributed by atoms with van der Waals surface area (Å²) in [7, 11) is 1.79. The predicted octanol–water partition coefficient (Wildman–Crippen LogP) is 3.82. The first-order chi connectivity index (χ1) is 15.7. The average molecular weight is 433 g/mol. The molecule has 3 aromatic rings. The normalized spacial score (nSPS) is 14.5. The largest absolute Gasteiger partial charge is 0.490 e. The first-order valence-corrected chi connectivity index (χ1v) is 11.3. The third-order valence-corrected chi connectivity index (χ3v) is 5.75. The number of guanidine groups is 1. The van der Waals surface area contributed by atoms with Crippen LogP contribution >= 0.6 is 0 Å². The second-order valence-electron chi connectivity index (χ2n) is 8.33. The summed E-state index contributed by atoms with van der Waals surface area (Å²) in [5.41, 5.74) is 4.74. The van der Waals surface area contributed by atoms with E-state index in [2.05, 4.69) is 75.1 Å². The molecule has 32 heavy (non-hydrogen) atoms. The van der Waals surface area contributed by atoms with E-state index >= 15 is 0 Å². The Hall–Kier alpha value is -3.35. The van der Waals surface area contributed by atoms with Crippen molar-refractivity contribution >= 4 is 5.96 Å². The Kier molecular flexibility index (Phi) is 7.38. The molecule has 7 heteroatoms. The molecule has 1 aliphatic carbocycles. The van der Waals surface area contributed by atoms with Crippen molar-refractivity contribution in [2.24, 2.45) is 4.99 Å². The Bertz CT molecular complexity index is 1020. The summed E-state index contributed by atoms with van der Waals surface area (Å²) in [5, 5.41) is 11.0. The maximum Gasteiger partial charge on any atom is 0.191 e. The fourth-order valence-electron chi connectivity index (χ4n) is 4.03. The lowest BCUT2D eigenvalue weighted by molar-refractivity contribution is 0.207. The number of nitrogens with zero attached hydrogens (tertiary/aromatic N) is 4. The van der Waals surface area contributed by atoms with E-state index in [0.29, 0.717) is 25.7 Å². The molecule has 0 saturated heterocycles. The van der Waals surface area contributed by atoms with Crippen LogP contribution in [0.15, 0.2) is 60.1 Å². The van der Waals surface area contributed by atoms with Gasteiger partial charge in [0.1, 0.15) is 18.4 Å². The van der Waals surface area contributed by atoms with E-state index in [-0.39, 0.29) is 0 Å². The smallest absolute Gasteiger partial charge is 0.191 e. The highest BCUT2D eigenvalue weighted by Gasteiger charge is 2.18. The quantitative estimate of drug-likeness (QED) is 0.418. The molecule has 0 amide bonds. The molecular weight excluding hydrogens is 400 g/mol. The number of rotatable bonds is 8. The van der Waals surface area contributed by atoms with E-state index in [4.69, 9.17) is 4.74 Å². The molecule has 1 aliphatic rings. The first-order valence-electron chi connectivity index (χ1n) is 11.3. The standard InChI is InChI=1S/C25H32N6O/c1-19-10-11-22(24(12-19)32-23-8-3-4-9-23)15-29-25(26-2)28-14-20-6-5-7-21(13-20)16-31-18-27-17-30-31/h5-7,10-13,17-18,23H,3-4,8-9,14-16H2,1-2H3,(H2,26,28,29). The molecule has 1 heterocycles. The highest BCUT2D eigenvalue weighted by molar-refractivity contribution is 5.79. The van der Waals surface area contributed by atoms with Gasteiger partial charge in [0.25, 0.3) is 0 Å². The van der Waals surface area contributed by atoms with Gasteiger partial charge in [0.15, 0.2) is 5.96 Å². The van der Waals surface area contributed by atoms with Gasteiger partial charge in [-0.25, -0.2) is 9.67 Å². The van der Waals surface area contributed by atoms with Crippen molar-refractivity contribution in [3.05, 3.63) is 77.4 Å². The SMILES string of the molecule is CN=C(NCc1cccc(Cn2cncn2)c1)NCc1ccc(C)cc1OC1CCCC1. The minimum absolute atomic E-state index is 0.345. The highest BCUT2D eigenvalue weighted by atomic mass is 16.5. The van der Waals surface area contributed by atoms with Crippen molar-refractivity contribution in [1.82, 2.24) is 25.4 Å². The zero-order chi connectivity index (χ0) is 22.2. The molecule has 2 aromatic carbocycles. The third-order valence-electron chi connectivity index (χ3n) is 5.75. The minimum Gasteiger partial charge on any atom is -0.490 e. The Morgan fingerprint density at radius 2 is 1.91 bits per heavy atom. The van der Waals surface area contributed by atoms with Crippen LogP contribution in [0.5, 0.6) is 5.75 Å². The average Bonchev–Trinajstić information content (AvgIpc) is 3.50. The zero-order valence-electron chi connectivity index (χ0n) is 18.9. The number of ether oxygens (including phenoxy) is 1. The van der Waals surface area contributed by atoms with Gasteiger partial charge in [-0.3, -0.25) is 4.99 Å². The Labute approximate surface area is 189 Å². The van der Waals surface area contributed by atoms with Crippen molar-refractivity contribution in [2.45, 2.75) is 58.3 Å². The van der Waals surface area contributed by atoms with E-state index in [1.165, 1.54) is 29.5 Å². The molecule has 0 aliphatic heterocycles. The minimum atomic E-state index is 0.345. The first kappa shape index (κ1) is 21.9. The summed E-state index contributed by atoms with van der Waals surface area (Å²) < 4.78 is 8.15. The fourth-order valence-corrected chi connectivity index (χ4v) is 4.03. The molecule has 0 unspecified atom stereocenters. The van der Waals surface area contributed by atoms with Gasteiger partial charge in [-0.05, 0) is 55.4 Å². The van der Waals surface area contributed by atoms with Gasteiger partial charge in [-0.15, -0.1) is 0 Å². The highest BCUT2D eigenvalue weighted by Crippen LogP contribution is 2.27. The molecule has 2 N–H and O–H groups in total. The molecule has 168 valence electrons. The van der Waals surface area contributed by atoms with E-state index in [1.54, 1.807) is 19.7 Å². The molecule has 1 fully saturated rings. The van der Waals surface area contributed by atoms with Crippen molar-refractivity contribution in [3.63, 3.8) is 0 Å². The van der Waals surface area contributed by atoms with Gasteiger partial charge in [-0.2, -0.15) is 5.10 Å². The van der Waals surface area contributed by atoms with Crippen LogP contribution in [0, 0.1) is 6.92 Å². The molecule has 0 atom stereocenters. The number of hydrogen-bond acceptors (Lipinski definition) is 4. The number of aromatic nitrogens is 3. The van der Waals surface area contributed by atoms with Crippen LogP contribution in [0.1, 0.15) is 47.9 Å². The van der Waals surface area contributed by atoms with Gasteiger partial charge in [-0.1, -0.05) is 36.4 Å².